The van der Waals surface area contributed by atoms with Crippen molar-refractivity contribution < 1.29 is 0 Å². The van der Waals surface area contributed by atoms with Crippen LogP contribution in [-0.2, 0) is 0 Å². The predicted molar refractivity (Wildman–Crippen MR) is 86.1 cm³/mol. The molecule has 3 nitrogen and oxygen atoms in total. The summed E-state index contributed by atoms with van der Waals surface area (Å²) in [7, 11) is 0. The predicted octanol–water partition coefficient (Wildman–Crippen LogP) is 3.62. The van der Waals surface area contributed by atoms with Gasteiger partial charge in [-0.1, -0.05) is 20.8 Å². The molecule has 2 heterocycles. The summed E-state index contributed by atoms with van der Waals surface area (Å²) in [6.07, 6.45) is 4.67. The number of nitrogens with one attached hydrogen (secondary N) is 1. The first kappa shape index (κ1) is 15.3. The highest BCUT2D eigenvalue weighted by atomic mass is 15.1. The van der Waals surface area contributed by atoms with Crippen LogP contribution >= 0.6 is 0 Å². The zero-order chi connectivity index (χ0) is 14.5. The van der Waals surface area contributed by atoms with Gasteiger partial charge in [0.1, 0.15) is 0 Å². The van der Waals surface area contributed by atoms with Gasteiger partial charge in [-0.15, -0.1) is 0 Å². The van der Waals surface area contributed by atoms with Crippen molar-refractivity contribution >= 4 is 5.69 Å². The van der Waals surface area contributed by atoms with Crippen molar-refractivity contribution in [3.8, 4) is 0 Å². The minimum atomic E-state index is 0.334. The van der Waals surface area contributed by atoms with Gasteiger partial charge in [-0.05, 0) is 50.3 Å². The molecule has 0 aliphatic carbocycles. The average molecular weight is 275 g/mol. The Morgan fingerprint density at radius 1 is 1.25 bits per heavy atom. The van der Waals surface area contributed by atoms with E-state index in [4.69, 9.17) is 0 Å². The molecule has 1 aliphatic heterocycles. The number of anilines is 1. The molecular weight excluding hydrogens is 246 g/mol. The number of hydrogen-bond donors (Lipinski definition) is 1. The molecule has 0 saturated carbocycles. The Labute approximate surface area is 123 Å². The molecule has 1 aromatic rings. The fraction of sp³-hybridized carbons (Fsp3) is 0.706. The second-order valence-corrected chi connectivity index (χ2v) is 6.29. The maximum Gasteiger partial charge on any atom is 0.0572 e. The lowest BCUT2D eigenvalue weighted by Gasteiger charge is -2.35. The molecule has 0 radical (unpaired) electrons. The Hall–Kier alpha value is -1.09. The molecule has 0 amide bonds. The van der Waals surface area contributed by atoms with E-state index in [1.165, 1.54) is 31.6 Å². The molecule has 1 N–H and O–H groups in total. The summed E-state index contributed by atoms with van der Waals surface area (Å²) in [5.41, 5.74) is 2.41. The lowest BCUT2D eigenvalue weighted by molar-refractivity contribution is 0.311. The average Bonchev–Trinajstić information content (AvgIpc) is 2.48. The van der Waals surface area contributed by atoms with E-state index in [0.717, 1.165) is 24.1 Å². The molecule has 0 bridgehead atoms. The summed E-state index contributed by atoms with van der Waals surface area (Å²) in [6.45, 7) is 12.3. The van der Waals surface area contributed by atoms with Gasteiger partial charge in [0.05, 0.1) is 17.6 Å². The third kappa shape index (κ3) is 3.72. The summed E-state index contributed by atoms with van der Waals surface area (Å²) < 4.78 is 0. The third-order valence-electron chi connectivity index (χ3n) is 4.57. The van der Waals surface area contributed by atoms with Gasteiger partial charge in [-0.3, -0.25) is 4.98 Å². The minimum absolute atomic E-state index is 0.334. The Bertz CT molecular complexity index is 391. The van der Waals surface area contributed by atoms with Gasteiger partial charge in [0.15, 0.2) is 0 Å². The van der Waals surface area contributed by atoms with Gasteiger partial charge < -0.3 is 10.2 Å². The van der Waals surface area contributed by atoms with Crippen LogP contribution in [0.15, 0.2) is 18.3 Å². The van der Waals surface area contributed by atoms with Crippen molar-refractivity contribution in [1.29, 1.82) is 0 Å². The van der Waals surface area contributed by atoms with Crippen molar-refractivity contribution in [1.82, 2.24) is 10.3 Å². The molecule has 112 valence electrons. The lowest BCUT2D eigenvalue weighted by atomic mass is 9.86. The SMILES string of the molecule is CCNC(C)c1ccc(N2CCC(C(C)C)CC2)cn1. The number of pyridine rings is 1. The van der Waals surface area contributed by atoms with E-state index in [1.54, 1.807) is 0 Å². The standard InChI is InChI=1S/C17H29N3/c1-5-18-14(4)17-7-6-16(12-19-17)20-10-8-15(9-11-20)13(2)3/h6-7,12-15,18H,5,8-11H2,1-4H3. The molecule has 3 heteroatoms. The van der Waals surface area contributed by atoms with Crippen LogP contribution < -0.4 is 10.2 Å². The van der Waals surface area contributed by atoms with Gasteiger partial charge in [-0.25, -0.2) is 0 Å². The molecule has 2 rings (SSSR count). The largest absolute Gasteiger partial charge is 0.370 e. The van der Waals surface area contributed by atoms with Crippen LogP contribution in [0, 0.1) is 11.8 Å². The van der Waals surface area contributed by atoms with Crippen LogP contribution in [0.4, 0.5) is 5.69 Å². The number of hydrogen-bond acceptors (Lipinski definition) is 3. The molecule has 1 saturated heterocycles. The van der Waals surface area contributed by atoms with Crippen molar-refractivity contribution in [3.63, 3.8) is 0 Å². The van der Waals surface area contributed by atoms with E-state index in [-0.39, 0.29) is 0 Å². The molecule has 1 atom stereocenters. The summed E-state index contributed by atoms with van der Waals surface area (Å²) in [5, 5.41) is 3.40. The Morgan fingerprint density at radius 3 is 2.45 bits per heavy atom. The van der Waals surface area contributed by atoms with Crippen molar-refractivity contribution in [2.75, 3.05) is 24.5 Å². The van der Waals surface area contributed by atoms with Gasteiger partial charge >= 0.3 is 0 Å². The van der Waals surface area contributed by atoms with E-state index >= 15 is 0 Å². The van der Waals surface area contributed by atoms with Crippen LogP contribution in [0.3, 0.4) is 0 Å². The summed E-state index contributed by atoms with van der Waals surface area (Å²) in [4.78, 5) is 7.10. The van der Waals surface area contributed by atoms with Crippen LogP contribution in [0.1, 0.15) is 52.3 Å². The van der Waals surface area contributed by atoms with Crippen LogP contribution in [0.2, 0.25) is 0 Å². The summed E-state index contributed by atoms with van der Waals surface area (Å²) >= 11 is 0. The smallest absolute Gasteiger partial charge is 0.0572 e. The third-order valence-corrected chi connectivity index (χ3v) is 4.57. The lowest BCUT2D eigenvalue weighted by Crippen LogP contribution is -2.35. The first-order chi connectivity index (χ1) is 9.61. The first-order valence-electron chi connectivity index (χ1n) is 8.06. The molecular formula is C17H29N3. The van der Waals surface area contributed by atoms with E-state index in [1.807, 2.05) is 6.20 Å². The van der Waals surface area contributed by atoms with Gasteiger partial charge in [0, 0.05) is 19.1 Å². The van der Waals surface area contributed by atoms with E-state index in [2.05, 4.69) is 55.0 Å². The maximum atomic E-state index is 4.62. The molecule has 0 spiro atoms. The molecule has 20 heavy (non-hydrogen) atoms. The summed E-state index contributed by atoms with van der Waals surface area (Å²) in [6, 6.07) is 4.73. The van der Waals surface area contributed by atoms with Gasteiger partial charge in [0.2, 0.25) is 0 Å². The van der Waals surface area contributed by atoms with Crippen LogP contribution in [-0.4, -0.2) is 24.6 Å². The highest BCUT2D eigenvalue weighted by molar-refractivity contribution is 5.45. The van der Waals surface area contributed by atoms with E-state index in [0.29, 0.717) is 6.04 Å². The zero-order valence-electron chi connectivity index (χ0n) is 13.4. The van der Waals surface area contributed by atoms with Crippen molar-refractivity contribution in [3.05, 3.63) is 24.0 Å². The number of rotatable bonds is 5. The van der Waals surface area contributed by atoms with Crippen molar-refractivity contribution in [2.24, 2.45) is 11.8 Å². The molecule has 1 fully saturated rings. The maximum absolute atomic E-state index is 4.62. The number of piperidine rings is 1. The molecule has 1 unspecified atom stereocenters. The molecule has 1 aliphatic rings. The first-order valence-corrected chi connectivity index (χ1v) is 8.06. The topological polar surface area (TPSA) is 28.2 Å². The Balaban J connectivity index is 1.94. The second kappa shape index (κ2) is 7.07. The normalized spacial score (nSPS) is 18.6. The fourth-order valence-corrected chi connectivity index (χ4v) is 3.08. The highest BCUT2D eigenvalue weighted by Gasteiger charge is 2.21. The quantitative estimate of drug-likeness (QED) is 0.889. The van der Waals surface area contributed by atoms with Gasteiger partial charge in [0.25, 0.3) is 0 Å². The zero-order valence-corrected chi connectivity index (χ0v) is 13.4. The molecule has 0 aromatic carbocycles. The van der Waals surface area contributed by atoms with E-state index < -0.39 is 0 Å². The second-order valence-electron chi connectivity index (χ2n) is 6.29. The minimum Gasteiger partial charge on any atom is -0.370 e. The molecule has 1 aromatic heterocycles. The monoisotopic (exact) mass is 275 g/mol. The number of nitrogens with zero attached hydrogens (tertiary/aromatic N) is 2. The highest BCUT2D eigenvalue weighted by Crippen LogP contribution is 2.27. The van der Waals surface area contributed by atoms with Crippen LogP contribution in [0.25, 0.3) is 0 Å². The van der Waals surface area contributed by atoms with Crippen molar-refractivity contribution in [2.45, 2.75) is 46.6 Å². The Kier molecular flexibility index (Phi) is 5.41. The van der Waals surface area contributed by atoms with Crippen LogP contribution in [0.5, 0.6) is 0 Å². The summed E-state index contributed by atoms with van der Waals surface area (Å²) in [5.74, 6) is 1.71. The van der Waals surface area contributed by atoms with E-state index in [9.17, 15) is 0 Å². The van der Waals surface area contributed by atoms with Gasteiger partial charge in [-0.2, -0.15) is 0 Å². The number of aromatic nitrogens is 1. The fourth-order valence-electron chi connectivity index (χ4n) is 3.08. The Morgan fingerprint density at radius 2 is 1.95 bits per heavy atom.